The highest BCUT2D eigenvalue weighted by molar-refractivity contribution is 5.81. The number of hydrogen-bond donors (Lipinski definition) is 1. The minimum Gasteiger partial charge on any atom is -0.503 e. The predicted octanol–water partition coefficient (Wildman–Crippen LogP) is 2.58. The van der Waals surface area contributed by atoms with Gasteiger partial charge in [0.2, 0.25) is 11.0 Å². The van der Waals surface area contributed by atoms with Gasteiger partial charge in [0, 0.05) is 24.2 Å². The Hall–Kier alpha value is -3.33. The number of aromatic nitrogens is 1. The molecule has 0 saturated heterocycles. The number of hydrogen-bond acceptors (Lipinski definition) is 8. The van der Waals surface area contributed by atoms with Gasteiger partial charge in [-0.3, -0.25) is 14.5 Å². The summed E-state index contributed by atoms with van der Waals surface area (Å²) in [6.07, 6.45) is 2.53. The molecule has 1 N–H and O–H groups in total. The number of nitrogens with zero attached hydrogens (tertiary/aromatic N) is 2. The normalized spacial score (nSPS) is 17.0. The smallest absolute Gasteiger partial charge is 0.350 e. The average molecular weight is 487 g/mol. The molecule has 35 heavy (non-hydrogen) atoms. The van der Waals surface area contributed by atoms with E-state index in [1.807, 2.05) is 20.8 Å². The average Bonchev–Trinajstić information content (AvgIpc) is 2.79. The number of aromatic hydroxyl groups is 1. The Labute approximate surface area is 205 Å². The van der Waals surface area contributed by atoms with E-state index in [4.69, 9.17) is 14.2 Å². The number of esters is 2. The van der Waals surface area contributed by atoms with Crippen LogP contribution in [0.1, 0.15) is 41.3 Å². The number of fused-ring (bicyclic) bond motifs is 1. The minimum absolute atomic E-state index is 0.0611. The minimum atomic E-state index is -1.17. The molecular formula is C26H34N2O7. The summed E-state index contributed by atoms with van der Waals surface area (Å²) in [5, 5.41) is 9.82. The first-order valence-electron chi connectivity index (χ1n) is 11.6. The van der Waals surface area contributed by atoms with Gasteiger partial charge in [0.1, 0.15) is 18.1 Å². The Morgan fingerprint density at radius 1 is 1.17 bits per heavy atom. The largest absolute Gasteiger partial charge is 0.503 e. The molecule has 0 fully saturated rings. The van der Waals surface area contributed by atoms with E-state index in [1.54, 1.807) is 43.6 Å². The SMILES string of the molecule is Cc1c(C)c2c(c(C)c1OC(=O)CN(C)C)CCC(C)(C(=O)OCCn1ccc(=O)c(O)c1C)O2. The first kappa shape index (κ1) is 26.3. The standard InChI is InChI=1S/C26H34N2O7/c1-15-16(2)24-19(17(3)23(15)34-21(30)14-27(6)7)8-10-26(5,35-24)25(32)33-13-12-28-11-9-20(29)22(31)18(28)4/h9,11,31H,8,10,12-14H2,1-7H3. The van der Waals surface area contributed by atoms with Crippen LogP contribution in [0.3, 0.4) is 0 Å². The van der Waals surface area contributed by atoms with Crippen LogP contribution in [0.5, 0.6) is 17.2 Å². The van der Waals surface area contributed by atoms with Gasteiger partial charge in [0.25, 0.3) is 0 Å². The summed E-state index contributed by atoms with van der Waals surface area (Å²) in [7, 11) is 3.61. The van der Waals surface area contributed by atoms with Gasteiger partial charge in [-0.15, -0.1) is 0 Å². The topological polar surface area (TPSA) is 107 Å². The Morgan fingerprint density at radius 3 is 2.51 bits per heavy atom. The lowest BCUT2D eigenvalue weighted by Crippen LogP contribution is -2.46. The predicted molar refractivity (Wildman–Crippen MR) is 130 cm³/mol. The van der Waals surface area contributed by atoms with Gasteiger partial charge in [-0.2, -0.15) is 0 Å². The van der Waals surface area contributed by atoms with Crippen LogP contribution < -0.4 is 14.9 Å². The second-order valence-corrected chi connectivity index (χ2v) is 9.50. The van der Waals surface area contributed by atoms with Crippen molar-refractivity contribution in [2.75, 3.05) is 27.2 Å². The first-order valence-corrected chi connectivity index (χ1v) is 11.6. The summed E-state index contributed by atoms with van der Waals surface area (Å²) in [5.74, 6) is 0.0344. The van der Waals surface area contributed by atoms with E-state index >= 15 is 0 Å². The highest BCUT2D eigenvalue weighted by atomic mass is 16.6. The molecule has 0 spiro atoms. The molecule has 190 valence electrons. The monoisotopic (exact) mass is 486 g/mol. The third-order valence-corrected chi connectivity index (χ3v) is 6.56. The summed E-state index contributed by atoms with van der Waals surface area (Å²) in [6, 6.07) is 1.27. The summed E-state index contributed by atoms with van der Waals surface area (Å²) < 4.78 is 19.1. The lowest BCUT2D eigenvalue weighted by Gasteiger charge is -2.36. The first-order chi connectivity index (χ1) is 16.4. The van der Waals surface area contributed by atoms with Crippen LogP contribution in [0.4, 0.5) is 0 Å². The van der Waals surface area contributed by atoms with Gasteiger partial charge in [-0.1, -0.05) is 0 Å². The molecule has 0 saturated carbocycles. The lowest BCUT2D eigenvalue weighted by atomic mass is 9.87. The van der Waals surface area contributed by atoms with Gasteiger partial charge >= 0.3 is 11.9 Å². The number of carbonyl (C=O) groups is 2. The Kier molecular flexibility index (Phi) is 7.59. The third kappa shape index (κ3) is 5.35. The molecule has 3 rings (SSSR count). The van der Waals surface area contributed by atoms with Crippen molar-refractivity contribution in [3.8, 4) is 17.2 Å². The molecule has 0 bridgehead atoms. The van der Waals surface area contributed by atoms with E-state index in [-0.39, 0.29) is 31.4 Å². The van der Waals surface area contributed by atoms with E-state index in [9.17, 15) is 19.5 Å². The number of likely N-dealkylation sites (N-methyl/N-ethyl adjacent to an activating group) is 1. The second kappa shape index (κ2) is 10.1. The summed E-state index contributed by atoms with van der Waals surface area (Å²) >= 11 is 0. The molecule has 2 heterocycles. The molecule has 0 amide bonds. The number of benzene rings is 1. The van der Waals surface area contributed by atoms with Crippen molar-refractivity contribution in [1.82, 2.24) is 9.47 Å². The van der Waals surface area contributed by atoms with Crippen molar-refractivity contribution in [2.24, 2.45) is 0 Å². The zero-order valence-corrected chi connectivity index (χ0v) is 21.5. The fraction of sp³-hybridized carbons (Fsp3) is 0.500. The van der Waals surface area contributed by atoms with Crippen LogP contribution in [0.2, 0.25) is 0 Å². The van der Waals surface area contributed by atoms with Gasteiger partial charge in [-0.05, 0) is 71.8 Å². The van der Waals surface area contributed by atoms with Crippen molar-refractivity contribution in [1.29, 1.82) is 0 Å². The summed E-state index contributed by atoms with van der Waals surface area (Å²) in [5.41, 5.74) is 2.15. The quantitative estimate of drug-likeness (QED) is 0.470. The zero-order chi connectivity index (χ0) is 26.1. The molecule has 1 unspecified atom stereocenters. The molecule has 1 atom stereocenters. The zero-order valence-electron chi connectivity index (χ0n) is 21.5. The summed E-state index contributed by atoms with van der Waals surface area (Å²) in [4.78, 5) is 38.5. The number of carbonyl (C=O) groups excluding carboxylic acids is 2. The molecule has 1 aliphatic rings. The van der Waals surface area contributed by atoms with Crippen LogP contribution in [-0.2, 0) is 27.3 Å². The van der Waals surface area contributed by atoms with Gasteiger partial charge in [-0.25, -0.2) is 4.79 Å². The fourth-order valence-corrected chi connectivity index (χ4v) is 4.23. The van der Waals surface area contributed by atoms with Crippen LogP contribution >= 0.6 is 0 Å². The molecule has 1 aliphatic heterocycles. The maximum absolute atomic E-state index is 13.0. The van der Waals surface area contributed by atoms with E-state index < -0.39 is 17.0 Å². The number of rotatable bonds is 7. The Balaban J connectivity index is 1.75. The molecule has 0 radical (unpaired) electrons. The van der Waals surface area contributed by atoms with Gasteiger partial charge in [0.05, 0.1) is 18.8 Å². The fourth-order valence-electron chi connectivity index (χ4n) is 4.23. The van der Waals surface area contributed by atoms with Crippen molar-refractivity contribution in [3.05, 3.63) is 50.4 Å². The maximum atomic E-state index is 13.0. The van der Waals surface area contributed by atoms with Crippen LogP contribution in [-0.4, -0.2) is 59.4 Å². The third-order valence-electron chi connectivity index (χ3n) is 6.56. The summed E-state index contributed by atoms with van der Waals surface area (Å²) in [6.45, 7) is 9.52. The van der Waals surface area contributed by atoms with Crippen molar-refractivity contribution >= 4 is 11.9 Å². The molecule has 2 aromatic rings. The van der Waals surface area contributed by atoms with E-state index in [1.165, 1.54) is 6.07 Å². The number of pyridine rings is 1. The van der Waals surface area contributed by atoms with Crippen LogP contribution in [0.15, 0.2) is 17.1 Å². The van der Waals surface area contributed by atoms with E-state index in [0.29, 0.717) is 30.0 Å². The molecule has 9 heteroatoms. The highest BCUT2D eigenvalue weighted by Gasteiger charge is 2.42. The van der Waals surface area contributed by atoms with E-state index in [2.05, 4.69) is 0 Å². The van der Waals surface area contributed by atoms with Crippen LogP contribution in [0.25, 0.3) is 0 Å². The lowest BCUT2D eigenvalue weighted by molar-refractivity contribution is -0.162. The van der Waals surface area contributed by atoms with Crippen molar-refractivity contribution in [3.63, 3.8) is 0 Å². The van der Waals surface area contributed by atoms with Crippen LogP contribution in [0, 0.1) is 27.7 Å². The molecule has 1 aromatic carbocycles. The number of ether oxygens (including phenoxy) is 3. The van der Waals surface area contributed by atoms with Gasteiger partial charge < -0.3 is 23.9 Å². The maximum Gasteiger partial charge on any atom is 0.350 e. The highest BCUT2D eigenvalue weighted by Crippen LogP contribution is 2.44. The molecule has 0 aliphatic carbocycles. The van der Waals surface area contributed by atoms with E-state index in [0.717, 1.165) is 22.3 Å². The molecular weight excluding hydrogens is 452 g/mol. The van der Waals surface area contributed by atoms with Crippen molar-refractivity contribution in [2.45, 2.75) is 59.6 Å². The second-order valence-electron chi connectivity index (χ2n) is 9.50. The van der Waals surface area contributed by atoms with Crippen molar-refractivity contribution < 1.29 is 28.9 Å². The molecule has 1 aromatic heterocycles. The molecule has 9 nitrogen and oxygen atoms in total. The Bertz CT molecular complexity index is 1220. The Morgan fingerprint density at radius 2 is 1.86 bits per heavy atom. The van der Waals surface area contributed by atoms with Gasteiger partial charge in [0.15, 0.2) is 5.75 Å².